The van der Waals surface area contributed by atoms with Crippen LogP contribution in [-0.4, -0.2) is 25.5 Å². The minimum Gasteiger partial charge on any atom is -0.355 e. The Morgan fingerprint density at radius 3 is 2.35 bits per heavy atom. The van der Waals surface area contributed by atoms with Crippen molar-refractivity contribution in [3.63, 3.8) is 0 Å². The van der Waals surface area contributed by atoms with Gasteiger partial charge in [-0.2, -0.15) is 0 Å². The van der Waals surface area contributed by atoms with Gasteiger partial charge >= 0.3 is 0 Å². The molecule has 1 aliphatic heterocycles. The molecule has 1 aromatic carbocycles. The molecule has 1 saturated carbocycles. The van der Waals surface area contributed by atoms with Gasteiger partial charge in [0.15, 0.2) is 0 Å². The molecule has 2 N–H and O–H groups in total. The van der Waals surface area contributed by atoms with Crippen molar-refractivity contribution in [2.24, 2.45) is 5.92 Å². The molecule has 3 heteroatoms. The lowest BCUT2D eigenvalue weighted by atomic mass is 9.74. The summed E-state index contributed by atoms with van der Waals surface area (Å²) in [6, 6.07) is 10.9. The SMILES string of the molecule is O=C(NCC1(c2ccccc2)CCCCCC1)C1CCNCC1. The van der Waals surface area contributed by atoms with E-state index >= 15 is 0 Å². The molecule has 2 aliphatic rings. The zero-order chi connectivity index (χ0) is 16.0. The minimum atomic E-state index is 0.139. The van der Waals surface area contributed by atoms with Crippen LogP contribution in [0.25, 0.3) is 0 Å². The van der Waals surface area contributed by atoms with Gasteiger partial charge in [0, 0.05) is 17.9 Å². The number of benzene rings is 1. The lowest BCUT2D eigenvalue weighted by Gasteiger charge is -2.34. The second kappa shape index (κ2) is 7.96. The van der Waals surface area contributed by atoms with Gasteiger partial charge in [0.25, 0.3) is 0 Å². The van der Waals surface area contributed by atoms with E-state index in [1.165, 1.54) is 44.1 Å². The van der Waals surface area contributed by atoms with Crippen LogP contribution < -0.4 is 10.6 Å². The van der Waals surface area contributed by atoms with Crippen molar-refractivity contribution in [3.8, 4) is 0 Å². The van der Waals surface area contributed by atoms with Crippen molar-refractivity contribution in [1.82, 2.24) is 10.6 Å². The highest BCUT2D eigenvalue weighted by Gasteiger charge is 2.34. The highest BCUT2D eigenvalue weighted by Crippen LogP contribution is 2.38. The van der Waals surface area contributed by atoms with Crippen LogP contribution in [0.2, 0.25) is 0 Å². The monoisotopic (exact) mass is 314 g/mol. The number of amides is 1. The third-order valence-corrected chi connectivity index (χ3v) is 5.76. The molecule has 1 saturated heterocycles. The fourth-order valence-electron chi connectivity index (χ4n) is 4.25. The molecule has 0 atom stereocenters. The van der Waals surface area contributed by atoms with E-state index in [4.69, 9.17) is 0 Å². The Bertz CT molecular complexity index is 486. The second-order valence-corrected chi connectivity index (χ2v) is 7.30. The highest BCUT2D eigenvalue weighted by molar-refractivity contribution is 5.78. The predicted octanol–water partition coefficient (Wildman–Crippen LogP) is 3.39. The number of carbonyl (C=O) groups excluding carboxylic acids is 1. The number of hydrogen-bond donors (Lipinski definition) is 2. The van der Waals surface area contributed by atoms with Gasteiger partial charge < -0.3 is 10.6 Å². The van der Waals surface area contributed by atoms with Crippen LogP contribution in [0.15, 0.2) is 30.3 Å². The number of carbonyl (C=O) groups is 1. The Morgan fingerprint density at radius 1 is 1.04 bits per heavy atom. The van der Waals surface area contributed by atoms with Crippen LogP contribution in [-0.2, 0) is 10.2 Å². The van der Waals surface area contributed by atoms with Crippen molar-refractivity contribution in [1.29, 1.82) is 0 Å². The van der Waals surface area contributed by atoms with Crippen molar-refractivity contribution in [2.45, 2.75) is 56.8 Å². The molecule has 0 spiro atoms. The molecule has 0 unspecified atom stereocenters. The van der Waals surface area contributed by atoms with Gasteiger partial charge in [0.05, 0.1) is 0 Å². The van der Waals surface area contributed by atoms with Crippen molar-refractivity contribution in [3.05, 3.63) is 35.9 Å². The average molecular weight is 314 g/mol. The molecule has 2 fully saturated rings. The Morgan fingerprint density at radius 2 is 1.70 bits per heavy atom. The summed E-state index contributed by atoms with van der Waals surface area (Å²) >= 11 is 0. The van der Waals surface area contributed by atoms with Gasteiger partial charge in [-0.05, 0) is 44.3 Å². The van der Waals surface area contributed by atoms with E-state index in [0.29, 0.717) is 0 Å². The molecule has 1 heterocycles. The standard InChI is InChI=1S/C20H30N2O/c23-19(17-10-14-21-15-11-17)22-16-20(12-6-1-2-7-13-20)18-8-4-3-5-9-18/h3-5,8-9,17,21H,1-2,6-7,10-16H2,(H,22,23). The summed E-state index contributed by atoms with van der Waals surface area (Å²) in [5.41, 5.74) is 1.55. The van der Waals surface area contributed by atoms with Crippen molar-refractivity contribution in [2.75, 3.05) is 19.6 Å². The summed E-state index contributed by atoms with van der Waals surface area (Å²) in [5, 5.41) is 6.66. The van der Waals surface area contributed by atoms with E-state index in [1.807, 2.05) is 0 Å². The molecule has 3 rings (SSSR count). The van der Waals surface area contributed by atoms with Gasteiger partial charge in [-0.15, -0.1) is 0 Å². The summed E-state index contributed by atoms with van der Waals surface area (Å²) in [6.45, 7) is 2.75. The zero-order valence-electron chi connectivity index (χ0n) is 14.2. The second-order valence-electron chi connectivity index (χ2n) is 7.30. The van der Waals surface area contributed by atoms with Gasteiger partial charge in [-0.3, -0.25) is 4.79 Å². The van der Waals surface area contributed by atoms with Crippen LogP contribution in [0, 0.1) is 5.92 Å². The molecule has 0 bridgehead atoms. The molecule has 1 amide bonds. The largest absolute Gasteiger partial charge is 0.355 e. The lowest BCUT2D eigenvalue weighted by Crippen LogP contribution is -2.44. The highest BCUT2D eigenvalue weighted by atomic mass is 16.1. The normalized spacial score (nSPS) is 22.3. The van der Waals surface area contributed by atoms with Crippen molar-refractivity contribution < 1.29 is 4.79 Å². The van der Waals surface area contributed by atoms with E-state index < -0.39 is 0 Å². The van der Waals surface area contributed by atoms with Crippen LogP contribution in [0.1, 0.15) is 56.9 Å². The molecular weight excluding hydrogens is 284 g/mol. The molecule has 1 aromatic rings. The topological polar surface area (TPSA) is 41.1 Å². The van der Waals surface area contributed by atoms with Gasteiger partial charge in [0.1, 0.15) is 0 Å². The van der Waals surface area contributed by atoms with Gasteiger partial charge in [-0.25, -0.2) is 0 Å². The first-order valence-electron chi connectivity index (χ1n) is 9.34. The number of rotatable bonds is 4. The zero-order valence-corrected chi connectivity index (χ0v) is 14.2. The number of nitrogens with one attached hydrogen (secondary N) is 2. The fraction of sp³-hybridized carbons (Fsp3) is 0.650. The molecule has 0 aromatic heterocycles. The average Bonchev–Trinajstić information content (AvgIpc) is 2.88. The maximum Gasteiger partial charge on any atom is 0.223 e. The first kappa shape index (κ1) is 16.5. The maximum atomic E-state index is 12.6. The van der Waals surface area contributed by atoms with E-state index in [-0.39, 0.29) is 17.2 Å². The Kier molecular flexibility index (Phi) is 5.71. The minimum absolute atomic E-state index is 0.139. The van der Waals surface area contributed by atoms with Crippen LogP contribution >= 0.6 is 0 Å². The van der Waals surface area contributed by atoms with Crippen LogP contribution in [0.5, 0.6) is 0 Å². The lowest BCUT2D eigenvalue weighted by molar-refractivity contribution is -0.126. The van der Waals surface area contributed by atoms with Crippen LogP contribution in [0.4, 0.5) is 0 Å². The van der Waals surface area contributed by atoms with Crippen LogP contribution in [0.3, 0.4) is 0 Å². The fourth-order valence-corrected chi connectivity index (χ4v) is 4.25. The van der Waals surface area contributed by atoms with E-state index in [1.54, 1.807) is 0 Å². The van der Waals surface area contributed by atoms with E-state index in [2.05, 4.69) is 41.0 Å². The predicted molar refractivity (Wildman–Crippen MR) is 94.4 cm³/mol. The van der Waals surface area contributed by atoms with Crippen molar-refractivity contribution >= 4 is 5.91 Å². The Hall–Kier alpha value is -1.35. The molecule has 126 valence electrons. The first-order chi connectivity index (χ1) is 11.3. The molecular formula is C20H30N2O. The summed E-state index contributed by atoms with van der Waals surface area (Å²) < 4.78 is 0. The third kappa shape index (κ3) is 4.14. The van der Waals surface area contributed by atoms with Gasteiger partial charge in [-0.1, -0.05) is 56.0 Å². The van der Waals surface area contributed by atoms with E-state index in [0.717, 1.165) is 32.5 Å². The molecule has 0 radical (unpaired) electrons. The quantitative estimate of drug-likeness (QED) is 0.836. The third-order valence-electron chi connectivity index (χ3n) is 5.76. The smallest absolute Gasteiger partial charge is 0.223 e. The summed E-state index contributed by atoms with van der Waals surface area (Å²) in [7, 11) is 0. The Balaban J connectivity index is 1.69. The summed E-state index contributed by atoms with van der Waals surface area (Å²) in [6.07, 6.45) is 9.56. The van der Waals surface area contributed by atoms with Gasteiger partial charge in [0.2, 0.25) is 5.91 Å². The Labute approximate surface area is 140 Å². The van der Waals surface area contributed by atoms with E-state index in [9.17, 15) is 4.79 Å². The molecule has 3 nitrogen and oxygen atoms in total. The summed E-state index contributed by atoms with van der Waals surface area (Å²) in [4.78, 5) is 12.6. The number of piperidine rings is 1. The molecule has 23 heavy (non-hydrogen) atoms. The summed E-state index contributed by atoms with van der Waals surface area (Å²) in [5.74, 6) is 0.473. The number of hydrogen-bond acceptors (Lipinski definition) is 2. The molecule has 1 aliphatic carbocycles. The first-order valence-corrected chi connectivity index (χ1v) is 9.34. The maximum absolute atomic E-state index is 12.6.